The lowest BCUT2D eigenvalue weighted by Crippen LogP contribution is -2.62. The number of alkyl halides is 3. The normalized spacial score (nSPS) is 15.6. The first kappa shape index (κ1) is 17.6. The third kappa shape index (κ3) is 4.67. The highest BCUT2D eigenvalue weighted by molar-refractivity contribution is 7.89. The number of halogens is 3. The van der Waals surface area contributed by atoms with Crippen LogP contribution in [-0.2, 0) is 24.3 Å². The first-order valence-electron chi connectivity index (χ1n) is 4.74. The highest BCUT2D eigenvalue weighted by atomic mass is 32.2. The summed E-state index contributed by atoms with van der Waals surface area (Å²) in [6.07, 6.45) is -6.03. The van der Waals surface area contributed by atoms with Gasteiger partial charge in [-0.1, -0.05) is 0 Å². The van der Waals surface area contributed by atoms with Crippen molar-refractivity contribution >= 4 is 22.0 Å². The van der Waals surface area contributed by atoms with E-state index in [1.165, 1.54) is 0 Å². The van der Waals surface area contributed by atoms with E-state index >= 15 is 0 Å². The zero-order valence-electron chi connectivity index (χ0n) is 9.94. The highest BCUT2D eigenvalue weighted by Crippen LogP contribution is 2.31. The van der Waals surface area contributed by atoms with Crippen LogP contribution in [0, 0.1) is 0 Å². The van der Waals surface area contributed by atoms with Crippen molar-refractivity contribution < 1.29 is 41.0 Å². The van der Waals surface area contributed by atoms with E-state index in [4.69, 9.17) is 5.11 Å². The summed E-state index contributed by atoms with van der Waals surface area (Å²) in [5.41, 5.74) is -3.66. The number of carbonyl (C=O) groups excluding carboxylic acids is 1. The second-order valence-corrected chi connectivity index (χ2v) is 5.52. The number of nitrogens with one attached hydrogen (secondary N) is 1. The molecule has 0 rings (SSSR count). The quantitative estimate of drug-likeness (QED) is 0.662. The number of esters is 1. The van der Waals surface area contributed by atoms with Crippen molar-refractivity contribution in [3.05, 3.63) is 0 Å². The van der Waals surface area contributed by atoms with Crippen molar-refractivity contribution in [2.75, 3.05) is 12.9 Å². The number of aliphatic carboxylic acids is 1. The molecule has 7 nitrogen and oxygen atoms in total. The van der Waals surface area contributed by atoms with Crippen LogP contribution in [0.5, 0.6) is 0 Å². The summed E-state index contributed by atoms with van der Waals surface area (Å²) in [4.78, 5) is 21.3. The Bertz CT molecular complexity index is 460. The Morgan fingerprint density at radius 3 is 2.11 bits per heavy atom. The third-order valence-corrected chi connectivity index (χ3v) is 3.62. The molecule has 0 aliphatic heterocycles. The van der Waals surface area contributed by atoms with E-state index in [1.54, 1.807) is 0 Å². The van der Waals surface area contributed by atoms with E-state index in [0.717, 1.165) is 11.8 Å². The molecule has 0 bridgehead atoms. The number of rotatable bonds is 6. The predicted molar refractivity (Wildman–Crippen MR) is 55.7 cm³/mol. The second-order valence-electron chi connectivity index (χ2n) is 3.67. The second kappa shape index (κ2) is 5.74. The van der Waals surface area contributed by atoms with Gasteiger partial charge in [-0.25, -0.2) is 13.2 Å². The molecule has 0 aromatic carbocycles. The molecule has 0 spiro atoms. The number of sulfonamides is 1. The Morgan fingerprint density at radius 2 is 1.79 bits per heavy atom. The van der Waals surface area contributed by atoms with Crippen molar-refractivity contribution in [3.8, 4) is 0 Å². The van der Waals surface area contributed by atoms with Gasteiger partial charge in [0.05, 0.1) is 19.3 Å². The van der Waals surface area contributed by atoms with Gasteiger partial charge in [0.25, 0.3) is 0 Å². The van der Waals surface area contributed by atoms with Crippen molar-refractivity contribution in [1.82, 2.24) is 4.72 Å². The van der Waals surface area contributed by atoms with E-state index < -0.39 is 45.9 Å². The largest absolute Gasteiger partial charge is 0.480 e. The molecule has 0 heterocycles. The molecule has 11 heteroatoms. The standard InChI is InChI=1S/C8H12F3NO6S/c1-7(6(14)15,8(9,10)11)12-19(16,17)4-3-5(13)18-2/h12H,3-4H2,1-2H3,(H,14,15). The van der Waals surface area contributed by atoms with Gasteiger partial charge in [-0.2, -0.15) is 17.9 Å². The molecule has 0 saturated carbocycles. The zero-order chi connectivity index (χ0) is 15.5. The van der Waals surface area contributed by atoms with Gasteiger partial charge in [0.1, 0.15) is 0 Å². The molecular formula is C8H12F3NO6S. The number of ether oxygens (including phenoxy) is 1. The van der Waals surface area contributed by atoms with Gasteiger partial charge in [0.2, 0.25) is 15.6 Å². The number of hydrogen-bond donors (Lipinski definition) is 2. The molecule has 0 aromatic rings. The Labute approximate surface area is 106 Å². The van der Waals surface area contributed by atoms with E-state index in [0.29, 0.717) is 0 Å². The summed E-state index contributed by atoms with van der Waals surface area (Å²) in [5, 5.41) is 8.52. The smallest absolute Gasteiger partial charge is 0.418 e. The van der Waals surface area contributed by atoms with Crippen LogP contribution >= 0.6 is 0 Å². The van der Waals surface area contributed by atoms with Crippen LogP contribution in [0.15, 0.2) is 0 Å². The van der Waals surface area contributed by atoms with Crippen LogP contribution in [-0.4, -0.2) is 50.0 Å². The summed E-state index contributed by atoms with van der Waals surface area (Å²) < 4.78 is 65.5. The maximum absolute atomic E-state index is 12.6. The average molecular weight is 307 g/mol. The van der Waals surface area contributed by atoms with Crippen LogP contribution in [0.2, 0.25) is 0 Å². The van der Waals surface area contributed by atoms with Gasteiger partial charge in [0, 0.05) is 0 Å². The number of carboxylic acids is 1. The number of carboxylic acid groups (broad SMARTS) is 1. The Hall–Kier alpha value is -1.36. The zero-order valence-corrected chi connectivity index (χ0v) is 10.8. The third-order valence-electron chi connectivity index (χ3n) is 2.16. The van der Waals surface area contributed by atoms with Gasteiger partial charge >= 0.3 is 18.1 Å². The van der Waals surface area contributed by atoms with Gasteiger partial charge in [0.15, 0.2) is 0 Å². The van der Waals surface area contributed by atoms with Crippen LogP contribution in [0.1, 0.15) is 13.3 Å². The lowest BCUT2D eigenvalue weighted by atomic mass is 10.0. The molecule has 0 saturated heterocycles. The van der Waals surface area contributed by atoms with Crippen molar-refractivity contribution in [1.29, 1.82) is 0 Å². The first-order chi connectivity index (χ1) is 8.35. The van der Waals surface area contributed by atoms with E-state index in [2.05, 4.69) is 4.74 Å². The maximum atomic E-state index is 12.6. The molecule has 0 radical (unpaired) electrons. The average Bonchev–Trinajstić information content (AvgIpc) is 2.23. The molecule has 2 N–H and O–H groups in total. The molecular weight excluding hydrogens is 295 g/mol. The van der Waals surface area contributed by atoms with Crippen molar-refractivity contribution in [2.24, 2.45) is 0 Å². The summed E-state index contributed by atoms with van der Waals surface area (Å²) >= 11 is 0. The monoisotopic (exact) mass is 307 g/mol. The van der Waals surface area contributed by atoms with E-state index in [-0.39, 0.29) is 6.92 Å². The van der Waals surface area contributed by atoms with E-state index in [1.807, 2.05) is 0 Å². The minimum absolute atomic E-state index is 0.172. The van der Waals surface area contributed by atoms with Crippen LogP contribution < -0.4 is 4.72 Å². The van der Waals surface area contributed by atoms with Gasteiger partial charge < -0.3 is 9.84 Å². The topological polar surface area (TPSA) is 110 Å². The fourth-order valence-corrected chi connectivity index (χ4v) is 2.27. The number of methoxy groups -OCH3 is 1. The fourth-order valence-electron chi connectivity index (χ4n) is 0.905. The van der Waals surface area contributed by atoms with Crippen LogP contribution in [0.25, 0.3) is 0 Å². The first-order valence-corrected chi connectivity index (χ1v) is 6.39. The van der Waals surface area contributed by atoms with Gasteiger partial charge in [-0.3, -0.25) is 4.79 Å². The molecule has 0 aliphatic rings. The summed E-state index contributed by atoms with van der Waals surface area (Å²) in [7, 11) is -3.65. The molecule has 0 fully saturated rings. The summed E-state index contributed by atoms with van der Waals surface area (Å²) in [6.45, 7) is 0.172. The number of hydrogen-bond acceptors (Lipinski definition) is 5. The Kier molecular flexibility index (Phi) is 5.32. The van der Waals surface area contributed by atoms with Gasteiger partial charge in [-0.05, 0) is 6.92 Å². The highest BCUT2D eigenvalue weighted by Gasteiger charge is 2.59. The Morgan fingerprint density at radius 1 is 1.32 bits per heavy atom. The van der Waals surface area contributed by atoms with Crippen molar-refractivity contribution in [3.63, 3.8) is 0 Å². The predicted octanol–water partition coefficient (Wildman–Crippen LogP) is -0.126. The molecule has 1 atom stereocenters. The molecule has 0 aliphatic carbocycles. The summed E-state index contributed by atoms with van der Waals surface area (Å²) in [6, 6.07) is 0. The molecule has 0 amide bonds. The molecule has 19 heavy (non-hydrogen) atoms. The van der Waals surface area contributed by atoms with Gasteiger partial charge in [-0.15, -0.1) is 0 Å². The van der Waals surface area contributed by atoms with Crippen molar-refractivity contribution in [2.45, 2.75) is 25.1 Å². The fraction of sp³-hybridized carbons (Fsp3) is 0.750. The van der Waals surface area contributed by atoms with Crippen LogP contribution in [0.3, 0.4) is 0 Å². The Balaban J connectivity index is 5.07. The molecule has 112 valence electrons. The number of carbonyl (C=O) groups is 2. The minimum Gasteiger partial charge on any atom is -0.480 e. The minimum atomic E-state index is -5.34. The maximum Gasteiger partial charge on any atom is 0.418 e. The SMILES string of the molecule is COC(=O)CCS(=O)(=O)NC(C)(C(=O)O)C(F)(F)F. The lowest BCUT2D eigenvalue weighted by Gasteiger charge is -2.28. The molecule has 0 aromatic heterocycles. The van der Waals surface area contributed by atoms with Crippen LogP contribution in [0.4, 0.5) is 13.2 Å². The molecule has 1 unspecified atom stereocenters. The summed E-state index contributed by atoms with van der Waals surface area (Å²) in [5.74, 6) is -4.37. The lowest BCUT2D eigenvalue weighted by molar-refractivity contribution is -0.201. The van der Waals surface area contributed by atoms with E-state index in [9.17, 15) is 31.2 Å².